The van der Waals surface area contributed by atoms with Gasteiger partial charge in [-0.05, 0) is 66.7 Å². The number of nitrogens with zero attached hydrogens (tertiary/aromatic N) is 2. The minimum Gasteiger partial charge on any atom is -0.460 e. The van der Waals surface area contributed by atoms with Crippen LogP contribution in [0.25, 0.3) is 11.4 Å². The number of hydrogen-bond acceptors (Lipinski definition) is 7. The molecule has 0 radical (unpaired) electrons. The van der Waals surface area contributed by atoms with Crippen LogP contribution in [-0.4, -0.2) is 53.4 Å². The first-order chi connectivity index (χ1) is 20.2. The number of benzene rings is 2. The Balaban J connectivity index is 0.000000549. The molecule has 8 nitrogen and oxygen atoms in total. The van der Waals surface area contributed by atoms with Gasteiger partial charge in [-0.2, -0.15) is 0 Å². The van der Waals surface area contributed by atoms with Crippen molar-refractivity contribution in [3.05, 3.63) is 82.1 Å². The van der Waals surface area contributed by atoms with E-state index in [1.54, 1.807) is 19.4 Å². The summed E-state index contributed by atoms with van der Waals surface area (Å²) in [5, 5.41) is 5.81. The molecule has 3 rings (SSSR count). The van der Waals surface area contributed by atoms with E-state index in [4.69, 9.17) is 4.74 Å². The third-order valence-corrected chi connectivity index (χ3v) is 6.31. The molecule has 0 bridgehead atoms. The number of halogens is 1. The predicted octanol–water partition coefficient (Wildman–Crippen LogP) is 6.71. The fourth-order valence-corrected chi connectivity index (χ4v) is 3.88. The van der Waals surface area contributed by atoms with Crippen LogP contribution in [0.2, 0.25) is 0 Å². The number of likely N-dealkylation sites (N-methyl/N-ethyl adjacent to an activating group) is 1. The van der Waals surface area contributed by atoms with Gasteiger partial charge in [-0.25, -0.2) is 9.97 Å². The average molecular weight is 656 g/mol. The number of rotatable bonds is 9. The number of amides is 1. The zero-order valence-corrected chi connectivity index (χ0v) is 28.5. The van der Waals surface area contributed by atoms with Crippen molar-refractivity contribution in [1.82, 2.24) is 20.6 Å². The van der Waals surface area contributed by atoms with Gasteiger partial charge in [0.25, 0.3) is 0 Å². The van der Waals surface area contributed by atoms with Crippen molar-refractivity contribution in [2.24, 2.45) is 0 Å². The van der Waals surface area contributed by atoms with Crippen molar-refractivity contribution in [3.8, 4) is 11.4 Å². The zero-order valence-electron chi connectivity index (χ0n) is 27.0. The molecule has 0 aliphatic carbocycles. The van der Waals surface area contributed by atoms with Crippen LogP contribution in [-0.2, 0) is 26.2 Å². The van der Waals surface area contributed by atoms with Gasteiger partial charge in [0.15, 0.2) is 5.82 Å². The van der Waals surface area contributed by atoms with Crippen molar-refractivity contribution < 1.29 is 19.1 Å². The van der Waals surface area contributed by atoms with Gasteiger partial charge in [-0.1, -0.05) is 83.1 Å². The number of nitrogens with one attached hydrogen (secondary N) is 2. The van der Waals surface area contributed by atoms with Crippen molar-refractivity contribution in [2.45, 2.75) is 85.3 Å². The second-order valence-corrected chi connectivity index (χ2v) is 12.5. The molecular weight excluding hydrogens is 608 g/mol. The second-order valence-electron chi connectivity index (χ2n) is 11.6. The Kier molecular flexibility index (Phi) is 16.0. The normalized spacial score (nSPS) is 11.6. The van der Waals surface area contributed by atoms with Gasteiger partial charge in [0.2, 0.25) is 5.91 Å². The highest BCUT2D eigenvalue weighted by atomic mass is 79.9. The molecule has 3 aromatic rings. The van der Waals surface area contributed by atoms with E-state index in [1.807, 2.05) is 83.1 Å². The maximum absolute atomic E-state index is 12.4. The summed E-state index contributed by atoms with van der Waals surface area (Å²) in [4.78, 5) is 43.1. The Bertz CT molecular complexity index is 1260. The molecule has 2 N–H and O–H groups in total. The van der Waals surface area contributed by atoms with Gasteiger partial charge in [-0.3, -0.25) is 14.4 Å². The maximum atomic E-state index is 12.4. The lowest BCUT2D eigenvalue weighted by atomic mass is 9.87. The van der Waals surface area contributed by atoms with Gasteiger partial charge in [0, 0.05) is 30.1 Å². The molecule has 1 unspecified atom stereocenters. The first-order valence-corrected chi connectivity index (χ1v) is 15.3. The zero-order chi connectivity index (χ0) is 32.6. The lowest BCUT2D eigenvalue weighted by Gasteiger charge is -2.20. The summed E-state index contributed by atoms with van der Waals surface area (Å²) < 4.78 is 6.06. The SMILES string of the molecule is CC.CC(C)(C)c1ccc(C=O)cc1.CNC(Cc1ccc(-c2ncc(Br)cn2)cc1)C(=O)NCCC(=O)OC(C)(C)C. The predicted molar refractivity (Wildman–Crippen MR) is 177 cm³/mol. The van der Waals surface area contributed by atoms with Gasteiger partial charge >= 0.3 is 5.97 Å². The number of hydrogen-bond donors (Lipinski definition) is 2. The molecule has 9 heteroatoms. The molecule has 234 valence electrons. The van der Waals surface area contributed by atoms with Gasteiger partial charge in [0.1, 0.15) is 11.9 Å². The van der Waals surface area contributed by atoms with E-state index in [2.05, 4.69) is 57.3 Å². The fourth-order valence-electron chi connectivity index (χ4n) is 3.68. The summed E-state index contributed by atoms with van der Waals surface area (Å²) in [6.45, 7) is 16.2. The molecule has 0 saturated heterocycles. The quantitative estimate of drug-likeness (QED) is 0.195. The molecule has 1 amide bonds. The van der Waals surface area contributed by atoms with E-state index in [1.165, 1.54) is 5.56 Å². The minimum absolute atomic E-state index is 0.140. The molecular formula is C34H47BrN4O4. The first-order valence-electron chi connectivity index (χ1n) is 14.5. The molecule has 1 heterocycles. The lowest BCUT2D eigenvalue weighted by molar-refractivity contribution is -0.154. The topological polar surface area (TPSA) is 110 Å². The van der Waals surface area contributed by atoms with Crippen LogP contribution in [0.4, 0.5) is 0 Å². The van der Waals surface area contributed by atoms with Gasteiger partial charge in [-0.15, -0.1) is 0 Å². The van der Waals surface area contributed by atoms with E-state index < -0.39 is 11.6 Å². The first kappa shape index (κ1) is 37.6. The summed E-state index contributed by atoms with van der Waals surface area (Å²) in [6, 6.07) is 15.1. The molecule has 0 saturated carbocycles. The average Bonchev–Trinajstić information content (AvgIpc) is 2.96. The Labute approximate surface area is 265 Å². The minimum atomic E-state index is -0.526. The molecule has 0 spiro atoms. The Hall–Kier alpha value is -3.43. The van der Waals surface area contributed by atoms with Crippen LogP contribution in [0.5, 0.6) is 0 Å². The number of ether oxygens (including phenoxy) is 1. The summed E-state index contributed by atoms with van der Waals surface area (Å²) in [5.74, 6) is 0.158. The van der Waals surface area contributed by atoms with Crippen LogP contribution in [0.1, 0.15) is 83.3 Å². The molecule has 1 aromatic heterocycles. The second kappa shape index (κ2) is 18.3. The van der Waals surface area contributed by atoms with Crippen molar-refractivity contribution >= 4 is 34.1 Å². The summed E-state index contributed by atoms with van der Waals surface area (Å²) in [7, 11) is 1.74. The monoisotopic (exact) mass is 654 g/mol. The summed E-state index contributed by atoms with van der Waals surface area (Å²) in [6.07, 6.45) is 4.94. The van der Waals surface area contributed by atoms with Crippen LogP contribution in [0.15, 0.2) is 65.4 Å². The Morgan fingerprint density at radius 3 is 1.95 bits per heavy atom. The number of carbonyl (C=O) groups is 3. The van der Waals surface area contributed by atoms with Crippen LogP contribution in [0.3, 0.4) is 0 Å². The molecule has 0 aliphatic heterocycles. The standard InChI is InChI=1S/C21H27BrN4O3.C11H14O.C2H6/c1-21(2,3)29-18(27)9-10-24-20(28)17(23-4)11-14-5-7-15(8-6-14)19-25-12-16(22)13-26-19;1-11(2,3)10-6-4-9(8-12)5-7-10;1-2/h5-8,12-13,17,23H,9-11H2,1-4H3,(H,24,28);4-8H,1-3H3;1-2H3. The van der Waals surface area contributed by atoms with Crippen LogP contribution < -0.4 is 10.6 Å². The van der Waals surface area contributed by atoms with E-state index >= 15 is 0 Å². The van der Waals surface area contributed by atoms with Crippen LogP contribution in [0, 0.1) is 0 Å². The molecule has 0 aliphatic rings. The summed E-state index contributed by atoms with van der Waals surface area (Å²) in [5.41, 5.74) is 3.55. The molecule has 2 aromatic carbocycles. The largest absolute Gasteiger partial charge is 0.460 e. The number of carbonyl (C=O) groups excluding carboxylic acids is 3. The summed E-state index contributed by atoms with van der Waals surface area (Å²) >= 11 is 3.32. The van der Waals surface area contributed by atoms with E-state index in [0.29, 0.717) is 12.2 Å². The third kappa shape index (κ3) is 14.5. The Morgan fingerprint density at radius 2 is 1.49 bits per heavy atom. The van der Waals surface area contributed by atoms with Crippen molar-refractivity contribution in [2.75, 3.05) is 13.6 Å². The van der Waals surface area contributed by atoms with Crippen molar-refractivity contribution in [3.63, 3.8) is 0 Å². The van der Waals surface area contributed by atoms with Crippen molar-refractivity contribution in [1.29, 1.82) is 0 Å². The van der Waals surface area contributed by atoms with Gasteiger partial charge in [0.05, 0.1) is 16.9 Å². The van der Waals surface area contributed by atoms with Gasteiger partial charge < -0.3 is 15.4 Å². The number of aldehydes is 1. The van der Waals surface area contributed by atoms with E-state index in [0.717, 1.165) is 27.4 Å². The van der Waals surface area contributed by atoms with E-state index in [-0.39, 0.29) is 30.3 Å². The molecule has 0 fully saturated rings. The number of aromatic nitrogens is 2. The highest BCUT2D eigenvalue weighted by Crippen LogP contribution is 2.22. The van der Waals surface area contributed by atoms with Crippen LogP contribution >= 0.6 is 15.9 Å². The highest BCUT2D eigenvalue weighted by molar-refractivity contribution is 9.10. The molecule has 1 atom stereocenters. The highest BCUT2D eigenvalue weighted by Gasteiger charge is 2.19. The smallest absolute Gasteiger partial charge is 0.308 e. The fraction of sp³-hybridized carbons (Fsp3) is 0.441. The lowest BCUT2D eigenvalue weighted by Crippen LogP contribution is -2.44. The maximum Gasteiger partial charge on any atom is 0.308 e. The Morgan fingerprint density at radius 1 is 0.930 bits per heavy atom. The molecule has 43 heavy (non-hydrogen) atoms. The third-order valence-electron chi connectivity index (χ3n) is 5.90. The number of esters is 1. The van der Waals surface area contributed by atoms with E-state index in [9.17, 15) is 14.4 Å².